The van der Waals surface area contributed by atoms with Crippen LogP contribution >= 0.6 is 0 Å². The van der Waals surface area contributed by atoms with Crippen molar-refractivity contribution in [2.24, 2.45) is 4.99 Å². The van der Waals surface area contributed by atoms with Crippen LogP contribution in [-0.4, -0.2) is 37.0 Å². The number of benzene rings is 2. The standard InChI is InChI=1S/C24H28N4O2/c1-25-24(28(2)17-20-10-4-5-13-23(20)29-3)27-16-19-9-8-12-22(15-19)30-18-21-11-6-7-14-26-21/h4-15H,16-18H2,1-3H3,(H,25,27). The zero-order valence-electron chi connectivity index (χ0n) is 17.7. The molecule has 3 aromatic rings. The second kappa shape index (κ2) is 10.9. The van der Waals surface area contributed by atoms with Gasteiger partial charge in [0.2, 0.25) is 0 Å². The summed E-state index contributed by atoms with van der Waals surface area (Å²) in [7, 11) is 5.48. The Kier molecular flexibility index (Phi) is 7.66. The SMILES string of the molecule is CN=C(NCc1cccc(OCc2ccccn2)c1)N(C)Cc1ccccc1OC. The molecule has 0 saturated carbocycles. The Bertz CT molecular complexity index is 960. The molecule has 30 heavy (non-hydrogen) atoms. The monoisotopic (exact) mass is 404 g/mol. The van der Waals surface area contributed by atoms with E-state index in [1.807, 2.05) is 61.6 Å². The lowest BCUT2D eigenvalue weighted by atomic mass is 10.2. The molecule has 156 valence electrons. The van der Waals surface area contributed by atoms with Crippen LogP contribution in [0.1, 0.15) is 16.8 Å². The predicted octanol–water partition coefficient (Wildman–Crippen LogP) is 3.88. The van der Waals surface area contributed by atoms with Gasteiger partial charge in [0.15, 0.2) is 5.96 Å². The summed E-state index contributed by atoms with van der Waals surface area (Å²) in [4.78, 5) is 10.8. The van der Waals surface area contributed by atoms with Crippen LogP contribution in [0.4, 0.5) is 0 Å². The molecule has 6 heteroatoms. The maximum Gasteiger partial charge on any atom is 0.193 e. The van der Waals surface area contributed by atoms with Gasteiger partial charge in [-0.15, -0.1) is 0 Å². The van der Waals surface area contributed by atoms with Crippen molar-refractivity contribution in [1.82, 2.24) is 15.2 Å². The van der Waals surface area contributed by atoms with Gasteiger partial charge in [-0.3, -0.25) is 9.98 Å². The summed E-state index contributed by atoms with van der Waals surface area (Å²) in [5.41, 5.74) is 3.12. The first-order chi connectivity index (χ1) is 14.7. The summed E-state index contributed by atoms with van der Waals surface area (Å²) in [6, 6.07) is 21.9. The normalized spacial score (nSPS) is 11.1. The van der Waals surface area contributed by atoms with E-state index in [1.165, 1.54) is 0 Å². The van der Waals surface area contributed by atoms with Crippen molar-refractivity contribution in [1.29, 1.82) is 0 Å². The Balaban J connectivity index is 1.56. The number of nitrogens with one attached hydrogen (secondary N) is 1. The van der Waals surface area contributed by atoms with Gasteiger partial charge in [0, 0.05) is 38.9 Å². The van der Waals surface area contributed by atoms with Crippen LogP contribution in [0.5, 0.6) is 11.5 Å². The van der Waals surface area contributed by atoms with Crippen molar-refractivity contribution < 1.29 is 9.47 Å². The quantitative estimate of drug-likeness (QED) is 0.456. The Labute approximate surface area is 178 Å². The van der Waals surface area contributed by atoms with E-state index in [9.17, 15) is 0 Å². The first-order valence-corrected chi connectivity index (χ1v) is 9.85. The van der Waals surface area contributed by atoms with E-state index >= 15 is 0 Å². The van der Waals surface area contributed by atoms with Crippen LogP contribution in [0, 0.1) is 0 Å². The summed E-state index contributed by atoms with van der Waals surface area (Å²) in [6.07, 6.45) is 1.77. The summed E-state index contributed by atoms with van der Waals surface area (Å²) >= 11 is 0. The van der Waals surface area contributed by atoms with Crippen LogP contribution < -0.4 is 14.8 Å². The lowest BCUT2D eigenvalue weighted by molar-refractivity contribution is 0.301. The maximum atomic E-state index is 5.87. The van der Waals surface area contributed by atoms with E-state index in [4.69, 9.17) is 9.47 Å². The highest BCUT2D eigenvalue weighted by molar-refractivity contribution is 5.79. The van der Waals surface area contributed by atoms with Gasteiger partial charge in [0.1, 0.15) is 18.1 Å². The third-order valence-corrected chi connectivity index (χ3v) is 4.64. The number of aromatic nitrogens is 1. The molecule has 1 N–H and O–H groups in total. The number of ether oxygens (including phenoxy) is 2. The van der Waals surface area contributed by atoms with Crippen molar-refractivity contribution in [2.75, 3.05) is 21.2 Å². The molecule has 0 aliphatic carbocycles. The molecule has 0 spiro atoms. The summed E-state index contributed by atoms with van der Waals surface area (Å²) in [5, 5.41) is 3.41. The smallest absolute Gasteiger partial charge is 0.193 e. The minimum atomic E-state index is 0.445. The minimum Gasteiger partial charge on any atom is -0.496 e. The molecule has 0 bridgehead atoms. The predicted molar refractivity (Wildman–Crippen MR) is 120 cm³/mol. The van der Waals surface area contributed by atoms with E-state index in [1.54, 1.807) is 20.4 Å². The number of aliphatic imine (C=N–C) groups is 1. The average molecular weight is 405 g/mol. The van der Waals surface area contributed by atoms with Crippen LogP contribution in [-0.2, 0) is 19.7 Å². The largest absolute Gasteiger partial charge is 0.496 e. The fourth-order valence-corrected chi connectivity index (χ4v) is 3.12. The van der Waals surface area contributed by atoms with Gasteiger partial charge in [-0.2, -0.15) is 0 Å². The third-order valence-electron chi connectivity index (χ3n) is 4.64. The zero-order chi connectivity index (χ0) is 21.2. The van der Waals surface area contributed by atoms with Gasteiger partial charge in [0.25, 0.3) is 0 Å². The molecular weight excluding hydrogens is 376 g/mol. The van der Waals surface area contributed by atoms with E-state index in [2.05, 4.69) is 32.3 Å². The van der Waals surface area contributed by atoms with E-state index in [-0.39, 0.29) is 0 Å². The Morgan fingerprint density at radius 2 is 1.90 bits per heavy atom. The molecule has 1 heterocycles. The van der Waals surface area contributed by atoms with E-state index in [0.29, 0.717) is 19.7 Å². The van der Waals surface area contributed by atoms with Crippen LogP contribution in [0.3, 0.4) is 0 Å². The van der Waals surface area contributed by atoms with Gasteiger partial charge in [-0.25, -0.2) is 0 Å². The molecule has 0 aliphatic rings. The maximum absolute atomic E-state index is 5.87. The van der Waals surface area contributed by atoms with Crippen LogP contribution in [0.2, 0.25) is 0 Å². The molecule has 0 fully saturated rings. The van der Waals surface area contributed by atoms with Gasteiger partial charge in [-0.05, 0) is 35.9 Å². The minimum absolute atomic E-state index is 0.445. The number of guanidine groups is 1. The second-order valence-electron chi connectivity index (χ2n) is 6.83. The number of pyridine rings is 1. The molecule has 6 nitrogen and oxygen atoms in total. The van der Waals surface area contributed by atoms with Crippen LogP contribution in [0.25, 0.3) is 0 Å². The number of hydrogen-bond acceptors (Lipinski definition) is 4. The van der Waals surface area contributed by atoms with Crippen molar-refractivity contribution in [3.05, 3.63) is 89.7 Å². The van der Waals surface area contributed by atoms with Gasteiger partial charge in [-0.1, -0.05) is 36.4 Å². The van der Waals surface area contributed by atoms with Crippen molar-refractivity contribution in [3.63, 3.8) is 0 Å². The molecule has 0 aliphatic heterocycles. The Hall–Kier alpha value is -3.54. The lowest BCUT2D eigenvalue weighted by Crippen LogP contribution is -2.38. The van der Waals surface area contributed by atoms with Gasteiger partial charge in [0.05, 0.1) is 12.8 Å². The second-order valence-corrected chi connectivity index (χ2v) is 6.83. The van der Waals surface area contributed by atoms with Gasteiger partial charge >= 0.3 is 0 Å². The highest BCUT2D eigenvalue weighted by Crippen LogP contribution is 2.19. The highest BCUT2D eigenvalue weighted by Gasteiger charge is 2.10. The van der Waals surface area contributed by atoms with E-state index in [0.717, 1.165) is 34.3 Å². The molecule has 3 rings (SSSR count). The first-order valence-electron chi connectivity index (χ1n) is 9.85. The molecule has 0 unspecified atom stereocenters. The molecule has 1 aromatic heterocycles. The highest BCUT2D eigenvalue weighted by atomic mass is 16.5. The molecular formula is C24H28N4O2. The fraction of sp³-hybridized carbons (Fsp3) is 0.250. The topological polar surface area (TPSA) is 59.0 Å². The first kappa shape index (κ1) is 21.2. The molecule has 0 radical (unpaired) electrons. The fourth-order valence-electron chi connectivity index (χ4n) is 3.12. The summed E-state index contributed by atoms with van der Waals surface area (Å²) in [5.74, 6) is 2.50. The molecule has 0 saturated heterocycles. The zero-order valence-corrected chi connectivity index (χ0v) is 17.7. The van der Waals surface area contributed by atoms with Crippen molar-refractivity contribution >= 4 is 5.96 Å². The van der Waals surface area contributed by atoms with E-state index < -0.39 is 0 Å². The summed E-state index contributed by atoms with van der Waals surface area (Å²) < 4.78 is 11.3. The van der Waals surface area contributed by atoms with Gasteiger partial charge < -0.3 is 19.7 Å². The number of nitrogens with zero attached hydrogens (tertiary/aromatic N) is 3. The van der Waals surface area contributed by atoms with Crippen molar-refractivity contribution in [3.8, 4) is 11.5 Å². The number of rotatable bonds is 8. The van der Waals surface area contributed by atoms with Crippen molar-refractivity contribution in [2.45, 2.75) is 19.7 Å². The average Bonchev–Trinajstić information content (AvgIpc) is 2.79. The molecule has 0 atom stereocenters. The molecule has 2 aromatic carbocycles. The number of methoxy groups -OCH3 is 1. The summed E-state index contributed by atoms with van der Waals surface area (Å²) in [6.45, 7) is 1.78. The number of hydrogen-bond donors (Lipinski definition) is 1. The lowest BCUT2D eigenvalue weighted by Gasteiger charge is -2.23. The Morgan fingerprint density at radius 3 is 2.67 bits per heavy atom. The third kappa shape index (κ3) is 5.98. The number of para-hydroxylation sites is 1. The molecule has 0 amide bonds. The van der Waals surface area contributed by atoms with Crippen LogP contribution in [0.15, 0.2) is 77.9 Å². The Morgan fingerprint density at radius 1 is 1.07 bits per heavy atom.